The summed E-state index contributed by atoms with van der Waals surface area (Å²) in [5.74, 6) is -0.357. The van der Waals surface area contributed by atoms with Crippen LogP contribution in [0.15, 0.2) is 23.8 Å². The van der Waals surface area contributed by atoms with Gasteiger partial charge in [-0.15, -0.1) is 0 Å². The van der Waals surface area contributed by atoms with Crippen molar-refractivity contribution in [1.29, 1.82) is 0 Å². The van der Waals surface area contributed by atoms with Crippen LogP contribution in [0.2, 0.25) is 0 Å². The number of halogens is 1. The van der Waals surface area contributed by atoms with Crippen LogP contribution in [0.1, 0.15) is 5.56 Å². The summed E-state index contributed by atoms with van der Waals surface area (Å²) >= 11 is 6.86. The third-order valence-electron chi connectivity index (χ3n) is 2.38. The van der Waals surface area contributed by atoms with Crippen molar-refractivity contribution in [2.24, 2.45) is 0 Å². The second-order valence-electron chi connectivity index (χ2n) is 3.72. The summed E-state index contributed by atoms with van der Waals surface area (Å²) in [6.07, 6.45) is 1.50. The first-order valence-electron chi connectivity index (χ1n) is 5.22. The minimum atomic E-state index is -0.508. The van der Waals surface area contributed by atoms with Gasteiger partial charge < -0.3 is 4.74 Å². The molecule has 1 heterocycles. The number of amides is 2. The van der Waals surface area contributed by atoms with Crippen molar-refractivity contribution in [1.82, 2.24) is 10.6 Å². The monoisotopic (exact) mass is 388 g/mol. The summed E-state index contributed by atoms with van der Waals surface area (Å²) in [5.41, 5.74) is 0.717. The van der Waals surface area contributed by atoms with E-state index in [-0.39, 0.29) is 10.7 Å². The van der Waals surface area contributed by atoms with E-state index >= 15 is 0 Å². The molecule has 19 heavy (non-hydrogen) atoms. The Balaban J connectivity index is 2.40. The largest absolute Gasteiger partial charge is 0.497 e. The van der Waals surface area contributed by atoms with Crippen molar-refractivity contribution in [3.05, 3.63) is 32.9 Å². The van der Waals surface area contributed by atoms with E-state index in [2.05, 4.69) is 33.2 Å². The van der Waals surface area contributed by atoms with E-state index in [4.69, 9.17) is 17.0 Å². The second kappa shape index (κ2) is 5.66. The molecule has 1 aromatic rings. The average Bonchev–Trinajstić information content (AvgIpc) is 2.33. The van der Waals surface area contributed by atoms with E-state index in [9.17, 15) is 9.59 Å². The van der Waals surface area contributed by atoms with Crippen molar-refractivity contribution < 1.29 is 14.3 Å². The topological polar surface area (TPSA) is 67.4 Å². The first-order valence-corrected chi connectivity index (χ1v) is 6.71. The van der Waals surface area contributed by atoms with E-state index in [0.717, 1.165) is 3.57 Å². The number of rotatable bonds is 2. The second-order valence-corrected chi connectivity index (χ2v) is 5.37. The molecule has 5 nitrogen and oxygen atoms in total. The standard InChI is InChI=1S/C12H9IN2O3S/c1-18-8-3-6(2-7(13)5-8)4-9-10(16)14-12(19)15-11(9)17/h2-5H,1H3,(H2,14,15,16,17,19). The Kier molecular flexibility index (Phi) is 4.15. The summed E-state index contributed by atoms with van der Waals surface area (Å²) < 4.78 is 6.08. The molecule has 1 fully saturated rings. The molecule has 0 saturated carbocycles. The van der Waals surface area contributed by atoms with Gasteiger partial charge >= 0.3 is 0 Å². The minimum Gasteiger partial charge on any atom is -0.497 e. The number of thiocarbonyl (C=S) groups is 1. The molecule has 0 spiro atoms. The fourth-order valence-corrected chi connectivity index (χ4v) is 2.41. The lowest BCUT2D eigenvalue weighted by Gasteiger charge is -2.16. The third-order valence-corrected chi connectivity index (χ3v) is 3.21. The quantitative estimate of drug-likeness (QED) is 0.346. The number of methoxy groups -OCH3 is 1. The van der Waals surface area contributed by atoms with E-state index in [1.165, 1.54) is 6.08 Å². The number of ether oxygens (including phenoxy) is 1. The summed E-state index contributed by atoms with van der Waals surface area (Å²) in [7, 11) is 1.56. The van der Waals surface area contributed by atoms with Gasteiger partial charge in [0.1, 0.15) is 11.3 Å². The van der Waals surface area contributed by atoms with Crippen LogP contribution in [0.4, 0.5) is 0 Å². The van der Waals surface area contributed by atoms with Crippen LogP contribution < -0.4 is 15.4 Å². The third kappa shape index (κ3) is 3.29. The van der Waals surface area contributed by atoms with Crippen LogP contribution in [-0.2, 0) is 9.59 Å². The molecule has 0 radical (unpaired) electrons. The maximum atomic E-state index is 11.7. The fourth-order valence-electron chi connectivity index (χ4n) is 1.56. The Labute approximate surface area is 128 Å². The van der Waals surface area contributed by atoms with Crippen molar-refractivity contribution in [2.45, 2.75) is 0 Å². The molecule has 2 rings (SSSR count). The zero-order valence-corrected chi connectivity index (χ0v) is 12.8. The van der Waals surface area contributed by atoms with Crippen LogP contribution in [-0.4, -0.2) is 24.0 Å². The van der Waals surface area contributed by atoms with Gasteiger partial charge in [-0.2, -0.15) is 0 Å². The highest BCUT2D eigenvalue weighted by Gasteiger charge is 2.25. The van der Waals surface area contributed by atoms with Gasteiger partial charge in [0.2, 0.25) is 0 Å². The van der Waals surface area contributed by atoms with Crippen LogP contribution >= 0.6 is 34.8 Å². The molecular formula is C12H9IN2O3S. The molecule has 98 valence electrons. The number of carbonyl (C=O) groups excluding carboxylic acids is 2. The summed E-state index contributed by atoms with van der Waals surface area (Å²) in [5, 5.41) is 4.79. The highest BCUT2D eigenvalue weighted by molar-refractivity contribution is 14.1. The predicted molar refractivity (Wildman–Crippen MR) is 82.6 cm³/mol. The number of carbonyl (C=O) groups is 2. The highest BCUT2D eigenvalue weighted by atomic mass is 127. The lowest BCUT2D eigenvalue weighted by atomic mass is 10.1. The zero-order chi connectivity index (χ0) is 14.0. The van der Waals surface area contributed by atoms with Crippen molar-refractivity contribution in [3.8, 4) is 5.75 Å². The molecule has 2 amide bonds. The molecule has 2 N–H and O–H groups in total. The molecule has 7 heteroatoms. The van der Waals surface area contributed by atoms with E-state index in [1.54, 1.807) is 13.2 Å². The zero-order valence-electron chi connectivity index (χ0n) is 9.82. The van der Waals surface area contributed by atoms with Crippen molar-refractivity contribution >= 4 is 57.8 Å². The fraction of sp³-hybridized carbons (Fsp3) is 0.0833. The van der Waals surface area contributed by atoms with Gasteiger partial charge in [-0.25, -0.2) is 0 Å². The smallest absolute Gasteiger partial charge is 0.263 e. The maximum absolute atomic E-state index is 11.7. The lowest BCUT2D eigenvalue weighted by molar-refractivity contribution is -0.123. The molecule has 0 aliphatic carbocycles. The van der Waals surface area contributed by atoms with Gasteiger partial charge in [-0.1, -0.05) is 0 Å². The van der Waals surface area contributed by atoms with E-state index in [1.807, 2.05) is 12.1 Å². The van der Waals surface area contributed by atoms with Crippen LogP contribution in [0, 0.1) is 3.57 Å². The molecule has 1 aliphatic rings. The predicted octanol–water partition coefficient (Wildman–Crippen LogP) is 1.21. The molecule has 0 atom stereocenters. The normalized spacial score (nSPS) is 14.8. The Hall–Kier alpha value is -1.48. The summed E-state index contributed by atoms with van der Waals surface area (Å²) in [6.45, 7) is 0. The Morgan fingerprint density at radius 1 is 1.21 bits per heavy atom. The molecule has 1 aliphatic heterocycles. The van der Waals surface area contributed by atoms with Gasteiger partial charge in [0.25, 0.3) is 11.8 Å². The summed E-state index contributed by atoms with van der Waals surface area (Å²) in [6, 6.07) is 5.42. The van der Waals surface area contributed by atoms with Gasteiger partial charge in [0.15, 0.2) is 5.11 Å². The Morgan fingerprint density at radius 2 is 1.84 bits per heavy atom. The van der Waals surface area contributed by atoms with Crippen molar-refractivity contribution in [2.75, 3.05) is 7.11 Å². The van der Waals surface area contributed by atoms with Crippen LogP contribution in [0.25, 0.3) is 6.08 Å². The van der Waals surface area contributed by atoms with Gasteiger partial charge in [0, 0.05) is 3.57 Å². The summed E-state index contributed by atoms with van der Waals surface area (Å²) in [4.78, 5) is 23.4. The van der Waals surface area contributed by atoms with E-state index in [0.29, 0.717) is 11.3 Å². The van der Waals surface area contributed by atoms with Gasteiger partial charge in [-0.3, -0.25) is 20.2 Å². The molecule has 0 aromatic heterocycles. The van der Waals surface area contributed by atoms with Gasteiger partial charge in [0.05, 0.1) is 7.11 Å². The minimum absolute atomic E-state index is 0.0117. The first-order chi connectivity index (χ1) is 8.99. The highest BCUT2D eigenvalue weighted by Crippen LogP contribution is 2.20. The maximum Gasteiger partial charge on any atom is 0.263 e. The van der Waals surface area contributed by atoms with Gasteiger partial charge in [-0.05, 0) is 64.6 Å². The molecule has 0 bridgehead atoms. The Morgan fingerprint density at radius 3 is 2.42 bits per heavy atom. The Bertz CT molecular complexity index is 591. The van der Waals surface area contributed by atoms with E-state index < -0.39 is 11.8 Å². The molecule has 1 aromatic carbocycles. The van der Waals surface area contributed by atoms with Crippen molar-refractivity contribution in [3.63, 3.8) is 0 Å². The lowest BCUT2D eigenvalue weighted by Crippen LogP contribution is -2.51. The average molecular weight is 388 g/mol. The SMILES string of the molecule is COc1cc(I)cc(C=C2C(=O)NC(=S)NC2=O)c1. The van der Waals surface area contributed by atoms with Crippen LogP contribution in [0.5, 0.6) is 5.75 Å². The number of nitrogens with one attached hydrogen (secondary N) is 2. The van der Waals surface area contributed by atoms with Crippen LogP contribution in [0.3, 0.4) is 0 Å². The number of hydrogen-bond donors (Lipinski definition) is 2. The molecule has 1 saturated heterocycles. The number of hydrogen-bond acceptors (Lipinski definition) is 4. The number of benzene rings is 1. The first kappa shape index (κ1) is 13.9. The molecular weight excluding hydrogens is 379 g/mol. The molecule has 0 unspecified atom stereocenters.